The van der Waals surface area contributed by atoms with Gasteiger partial charge in [0.2, 0.25) is 0 Å². The normalized spacial score (nSPS) is 15.8. The number of hydrogen-bond acceptors (Lipinski definition) is 4. The topological polar surface area (TPSA) is 70.1 Å². The van der Waals surface area contributed by atoms with Crippen LogP contribution in [0.2, 0.25) is 0 Å². The molecule has 1 aliphatic heterocycles. The summed E-state index contributed by atoms with van der Waals surface area (Å²) in [5.41, 5.74) is 1.78. The first kappa shape index (κ1) is 19.9. The number of carbonyl (C=O) groups is 2. The highest BCUT2D eigenvalue weighted by Crippen LogP contribution is 2.27. The molecule has 0 unspecified atom stereocenters. The molecule has 1 atom stereocenters. The summed E-state index contributed by atoms with van der Waals surface area (Å²) in [5.74, 6) is -0.0381. The summed E-state index contributed by atoms with van der Waals surface area (Å²) < 4.78 is 5.14. The van der Waals surface area contributed by atoms with Crippen LogP contribution >= 0.6 is 0 Å². The number of hydrogen-bond donors (Lipinski definition) is 1. The van der Waals surface area contributed by atoms with Crippen molar-refractivity contribution < 1.29 is 19.4 Å². The summed E-state index contributed by atoms with van der Waals surface area (Å²) in [4.78, 5) is 28.0. The summed E-state index contributed by atoms with van der Waals surface area (Å²) in [6.07, 6.45) is 0.691. The molecule has 0 aliphatic carbocycles. The minimum Gasteiger partial charge on any atom is -0.497 e. The third kappa shape index (κ3) is 4.89. The number of nitrogens with zero attached hydrogens (tertiary/aromatic N) is 2. The SMILES string of the molecule is COc1ccc(C(=O)N2CCN([C@@H](CCC(=O)O)c3ccccc3)CC2)cc1. The van der Waals surface area contributed by atoms with Crippen LogP contribution in [0.15, 0.2) is 54.6 Å². The highest BCUT2D eigenvalue weighted by molar-refractivity contribution is 5.94. The monoisotopic (exact) mass is 382 g/mol. The van der Waals surface area contributed by atoms with Crippen molar-refractivity contribution in [1.29, 1.82) is 0 Å². The molecule has 1 amide bonds. The number of ether oxygens (including phenoxy) is 1. The van der Waals surface area contributed by atoms with Crippen LogP contribution in [-0.2, 0) is 4.79 Å². The van der Waals surface area contributed by atoms with Crippen molar-refractivity contribution in [3.05, 3.63) is 65.7 Å². The zero-order valence-corrected chi connectivity index (χ0v) is 16.1. The molecular weight excluding hydrogens is 356 g/mol. The Kier molecular flexibility index (Phi) is 6.66. The number of carboxylic acids is 1. The maximum absolute atomic E-state index is 12.7. The molecule has 148 valence electrons. The Morgan fingerprint density at radius 3 is 2.21 bits per heavy atom. The van der Waals surface area contributed by atoms with Crippen molar-refractivity contribution in [3.63, 3.8) is 0 Å². The van der Waals surface area contributed by atoms with Crippen LogP contribution in [0.25, 0.3) is 0 Å². The van der Waals surface area contributed by atoms with Crippen molar-refractivity contribution in [3.8, 4) is 5.75 Å². The average Bonchev–Trinajstić information content (AvgIpc) is 2.74. The van der Waals surface area contributed by atoms with E-state index in [-0.39, 0.29) is 18.4 Å². The maximum atomic E-state index is 12.7. The fourth-order valence-corrected chi connectivity index (χ4v) is 3.65. The van der Waals surface area contributed by atoms with Crippen LogP contribution in [0.5, 0.6) is 5.75 Å². The summed E-state index contributed by atoms with van der Waals surface area (Å²) in [7, 11) is 1.60. The molecule has 1 N–H and O–H groups in total. The van der Waals surface area contributed by atoms with Gasteiger partial charge in [-0.25, -0.2) is 0 Å². The lowest BCUT2D eigenvalue weighted by molar-refractivity contribution is -0.137. The van der Waals surface area contributed by atoms with Gasteiger partial charge in [0.25, 0.3) is 5.91 Å². The molecule has 2 aromatic carbocycles. The first-order valence-corrected chi connectivity index (χ1v) is 9.52. The Labute approximate surface area is 165 Å². The van der Waals surface area contributed by atoms with Crippen LogP contribution in [0.1, 0.15) is 34.8 Å². The molecule has 6 heteroatoms. The van der Waals surface area contributed by atoms with Crippen molar-refractivity contribution in [2.75, 3.05) is 33.3 Å². The minimum atomic E-state index is -0.783. The third-order valence-corrected chi connectivity index (χ3v) is 5.20. The lowest BCUT2D eigenvalue weighted by atomic mass is 9.99. The van der Waals surface area contributed by atoms with Gasteiger partial charge in [-0.3, -0.25) is 14.5 Å². The number of carboxylic acid groups (broad SMARTS) is 1. The summed E-state index contributed by atoms with van der Waals surface area (Å²) in [5, 5.41) is 9.11. The fourth-order valence-electron chi connectivity index (χ4n) is 3.65. The zero-order chi connectivity index (χ0) is 19.9. The Morgan fingerprint density at radius 1 is 1.00 bits per heavy atom. The lowest BCUT2D eigenvalue weighted by Crippen LogP contribution is -2.49. The molecule has 0 aromatic heterocycles. The average molecular weight is 382 g/mol. The largest absolute Gasteiger partial charge is 0.497 e. The van der Waals surface area contributed by atoms with Gasteiger partial charge in [0.15, 0.2) is 0 Å². The van der Waals surface area contributed by atoms with E-state index in [1.165, 1.54) is 0 Å². The van der Waals surface area contributed by atoms with E-state index < -0.39 is 5.97 Å². The second-order valence-electron chi connectivity index (χ2n) is 6.92. The smallest absolute Gasteiger partial charge is 0.303 e. The number of carbonyl (C=O) groups excluding carboxylic acids is 1. The van der Waals surface area contributed by atoms with Gasteiger partial charge in [-0.1, -0.05) is 30.3 Å². The van der Waals surface area contributed by atoms with E-state index in [1.54, 1.807) is 31.4 Å². The number of rotatable bonds is 7. The van der Waals surface area contributed by atoms with Crippen LogP contribution in [0.3, 0.4) is 0 Å². The van der Waals surface area contributed by atoms with Crippen molar-refractivity contribution in [2.45, 2.75) is 18.9 Å². The molecule has 1 aliphatic rings. The van der Waals surface area contributed by atoms with E-state index in [0.29, 0.717) is 25.1 Å². The van der Waals surface area contributed by atoms with E-state index in [1.807, 2.05) is 35.2 Å². The molecule has 6 nitrogen and oxygen atoms in total. The Balaban J connectivity index is 1.64. The minimum absolute atomic E-state index is 0.0177. The first-order chi connectivity index (χ1) is 13.6. The van der Waals surface area contributed by atoms with E-state index in [4.69, 9.17) is 9.84 Å². The molecule has 1 fully saturated rings. The molecular formula is C22H26N2O4. The molecule has 0 radical (unpaired) electrons. The molecule has 2 aromatic rings. The summed E-state index contributed by atoms with van der Waals surface area (Å²) >= 11 is 0. The van der Waals surface area contributed by atoms with Gasteiger partial charge in [0, 0.05) is 44.2 Å². The van der Waals surface area contributed by atoms with E-state index in [0.717, 1.165) is 24.4 Å². The van der Waals surface area contributed by atoms with Crippen molar-refractivity contribution >= 4 is 11.9 Å². The van der Waals surface area contributed by atoms with Crippen molar-refractivity contribution in [2.24, 2.45) is 0 Å². The number of methoxy groups -OCH3 is 1. The molecule has 0 saturated carbocycles. The van der Waals surface area contributed by atoms with Crippen LogP contribution in [-0.4, -0.2) is 60.1 Å². The predicted octanol–water partition coefficient (Wildman–Crippen LogP) is 3.06. The molecule has 0 spiro atoms. The summed E-state index contributed by atoms with van der Waals surface area (Å²) in [6, 6.07) is 17.2. The van der Waals surface area contributed by atoms with E-state index >= 15 is 0 Å². The number of amides is 1. The number of piperazine rings is 1. The second-order valence-corrected chi connectivity index (χ2v) is 6.92. The molecule has 0 bridgehead atoms. The first-order valence-electron chi connectivity index (χ1n) is 9.52. The molecule has 1 saturated heterocycles. The Bertz CT molecular complexity index is 784. The molecule has 3 rings (SSSR count). The van der Waals surface area contributed by atoms with E-state index in [9.17, 15) is 9.59 Å². The van der Waals surface area contributed by atoms with Gasteiger partial charge in [-0.05, 0) is 36.2 Å². The van der Waals surface area contributed by atoms with Gasteiger partial charge < -0.3 is 14.7 Å². The highest BCUT2D eigenvalue weighted by atomic mass is 16.5. The molecule has 1 heterocycles. The standard InChI is InChI=1S/C22H26N2O4/c1-28-19-9-7-18(8-10-19)22(27)24-15-13-23(14-16-24)20(11-12-21(25)26)17-5-3-2-4-6-17/h2-10,20H,11-16H2,1H3,(H,25,26)/t20-/m0/s1. The fraction of sp³-hybridized carbons (Fsp3) is 0.364. The highest BCUT2D eigenvalue weighted by Gasteiger charge is 2.27. The summed E-state index contributed by atoms with van der Waals surface area (Å²) in [6.45, 7) is 2.70. The number of aliphatic carboxylic acids is 1. The second kappa shape index (κ2) is 9.37. The quantitative estimate of drug-likeness (QED) is 0.797. The van der Waals surface area contributed by atoms with Gasteiger partial charge >= 0.3 is 5.97 Å². The Morgan fingerprint density at radius 2 is 1.64 bits per heavy atom. The van der Waals surface area contributed by atoms with Crippen LogP contribution < -0.4 is 4.74 Å². The van der Waals surface area contributed by atoms with Crippen molar-refractivity contribution in [1.82, 2.24) is 9.80 Å². The maximum Gasteiger partial charge on any atom is 0.303 e. The molecule has 28 heavy (non-hydrogen) atoms. The zero-order valence-electron chi connectivity index (χ0n) is 16.1. The lowest BCUT2D eigenvalue weighted by Gasteiger charge is -2.39. The van der Waals surface area contributed by atoms with Gasteiger partial charge in [0.05, 0.1) is 7.11 Å². The van der Waals surface area contributed by atoms with E-state index in [2.05, 4.69) is 4.90 Å². The van der Waals surface area contributed by atoms with Crippen LogP contribution in [0, 0.1) is 0 Å². The van der Waals surface area contributed by atoms with Crippen LogP contribution in [0.4, 0.5) is 0 Å². The number of benzene rings is 2. The predicted molar refractivity (Wildman–Crippen MR) is 107 cm³/mol. The van der Waals surface area contributed by atoms with Gasteiger partial charge in [0.1, 0.15) is 5.75 Å². The van der Waals surface area contributed by atoms with Gasteiger partial charge in [-0.15, -0.1) is 0 Å². The van der Waals surface area contributed by atoms with Gasteiger partial charge in [-0.2, -0.15) is 0 Å². The third-order valence-electron chi connectivity index (χ3n) is 5.20. The Hall–Kier alpha value is -2.86.